The van der Waals surface area contributed by atoms with E-state index in [2.05, 4.69) is 10.3 Å². The maximum absolute atomic E-state index is 6.08. The van der Waals surface area contributed by atoms with Crippen LogP contribution < -0.4 is 14.8 Å². The molecule has 0 radical (unpaired) electrons. The molecule has 2 aliphatic heterocycles. The fourth-order valence-corrected chi connectivity index (χ4v) is 3.52. The first-order chi connectivity index (χ1) is 13.3. The smallest absolute Gasteiger partial charge is 0.236 e. The Bertz CT molecular complexity index is 786. The van der Waals surface area contributed by atoms with E-state index in [0.717, 1.165) is 48.4 Å². The summed E-state index contributed by atoms with van der Waals surface area (Å²) in [5.74, 6) is 1.29. The van der Waals surface area contributed by atoms with Crippen LogP contribution in [0.2, 0.25) is 0 Å². The van der Waals surface area contributed by atoms with E-state index in [9.17, 15) is 0 Å². The van der Waals surface area contributed by atoms with Crippen molar-refractivity contribution in [3.05, 3.63) is 29.1 Å². The zero-order chi connectivity index (χ0) is 18.6. The number of hydrogen-bond donors (Lipinski definition) is 1. The number of fused-ring (bicyclic) bond motifs is 1. The van der Waals surface area contributed by atoms with E-state index < -0.39 is 0 Å². The van der Waals surface area contributed by atoms with Crippen LogP contribution in [-0.4, -0.2) is 67.5 Å². The van der Waals surface area contributed by atoms with E-state index in [4.69, 9.17) is 24.0 Å². The minimum absolute atomic E-state index is 0.0477. The van der Waals surface area contributed by atoms with Gasteiger partial charge in [-0.05, 0) is 13.0 Å². The number of nitrogens with one attached hydrogen (secondary N) is 1. The Labute approximate surface area is 158 Å². The highest BCUT2D eigenvalue weighted by atomic mass is 16.5. The molecular formula is C19H26N4O4. The summed E-state index contributed by atoms with van der Waals surface area (Å²) in [5, 5.41) is 8.09. The second-order valence-electron chi connectivity index (χ2n) is 6.78. The van der Waals surface area contributed by atoms with Gasteiger partial charge in [0.1, 0.15) is 12.7 Å². The van der Waals surface area contributed by atoms with Gasteiger partial charge in [0.05, 0.1) is 44.5 Å². The Morgan fingerprint density at radius 3 is 2.93 bits per heavy atom. The molecule has 0 aliphatic carbocycles. The first-order valence-electron chi connectivity index (χ1n) is 9.41. The second kappa shape index (κ2) is 8.24. The number of morpholine rings is 1. The SMILES string of the molecule is COc1ncc(-n2nc(OC[C@@H]3CNCCO3)c3c2CCOCC3)cc1C. The van der Waals surface area contributed by atoms with Crippen LogP contribution in [0.5, 0.6) is 11.8 Å². The average Bonchev–Trinajstić information content (AvgIpc) is 2.87. The van der Waals surface area contributed by atoms with Crippen molar-refractivity contribution in [2.75, 3.05) is 46.6 Å². The zero-order valence-electron chi connectivity index (χ0n) is 15.9. The van der Waals surface area contributed by atoms with Crippen molar-refractivity contribution in [2.24, 2.45) is 0 Å². The Hall–Kier alpha value is -2.16. The minimum atomic E-state index is 0.0477. The van der Waals surface area contributed by atoms with E-state index >= 15 is 0 Å². The number of pyridine rings is 1. The van der Waals surface area contributed by atoms with Crippen molar-refractivity contribution in [3.63, 3.8) is 0 Å². The first kappa shape index (κ1) is 18.2. The van der Waals surface area contributed by atoms with Gasteiger partial charge in [0.2, 0.25) is 11.8 Å². The zero-order valence-corrected chi connectivity index (χ0v) is 15.9. The maximum Gasteiger partial charge on any atom is 0.236 e. The lowest BCUT2D eigenvalue weighted by Crippen LogP contribution is -2.41. The molecule has 4 heterocycles. The van der Waals surface area contributed by atoms with Crippen LogP contribution in [0.15, 0.2) is 12.3 Å². The Morgan fingerprint density at radius 1 is 1.26 bits per heavy atom. The average molecular weight is 374 g/mol. The van der Waals surface area contributed by atoms with Gasteiger partial charge in [0.15, 0.2) is 0 Å². The summed E-state index contributed by atoms with van der Waals surface area (Å²) in [4.78, 5) is 4.39. The van der Waals surface area contributed by atoms with Gasteiger partial charge >= 0.3 is 0 Å². The van der Waals surface area contributed by atoms with E-state index in [-0.39, 0.29) is 6.10 Å². The van der Waals surface area contributed by atoms with Crippen molar-refractivity contribution < 1.29 is 18.9 Å². The fraction of sp³-hybridized carbons (Fsp3) is 0.579. The summed E-state index contributed by atoms with van der Waals surface area (Å²) >= 11 is 0. The molecule has 1 saturated heterocycles. The predicted molar refractivity (Wildman–Crippen MR) is 99.0 cm³/mol. The summed E-state index contributed by atoms with van der Waals surface area (Å²) in [7, 11) is 1.63. The predicted octanol–water partition coefficient (Wildman–Crippen LogP) is 1.07. The third-order valence-corrected chi connectivity index (χ3v) is 4.90. The highest BCUT2D eigenvalue weighted by molar-refractivity contribution is 5.43. The van der Waals surface area contributed by atoms with Crippen molar-refractivity contribution >= 4 is 0 Å². The maximum atomic E-state index is 6.08. The fourth-order valence-electron chi connectivity index (χ4n) is 3.52. The van der Waals surface area contributed by atoms with E-state index in [1.54, 1.807) is 13.3 Å². The molecular weight excluding hydrogens is 348 g/mol. The van der Waals surface area contributed by atoms with Gasteiger partial charge in [-0.1, -0.05) is 0 Å². The van der Waals surface area contributed by atoms with Crippen LogP contribution in [0.4, 0.5) is 0 Å². The highest BCUT2D eigenvalue weighted by Gasteiger charge is 2.24. The van der Waals surface area contributed by atoms with Crippen molar-refractivity contribution in [2.45, 2.75) is 25.9 Å². The minimum Gasteiger partial charge on any atom is -0.481 e. The van der Waals surface area contributed by atoms with Gasteiger partial charge in [0, 0.05) is 37.1 Å². The Kier molecular flexibility index (Phi) is 5.56. The molecule has 2 aromatic rings. The molecule has 0 spiro atoms. The second-order valence-corrected chi connectivity index (χ2v) is 6.78. The molecule has 2 aromatic heterocycles. The number of nitrogens with zero attached hydrogens (tertiary/aromatic N) is 3. The summed E-state index contributed by atoms with van der Waals surface area (Å²) in [6.07, 6.45) is 3.41. The van der Waals surface area contributed by atoms with Gasteiger partial charge < -0.3 is 24.3 Å². The van der Waals surface area contributed by atoms with E-state index in [0.29, 0.717) is 38.2 Å². The van der Waals surface area contributed by atoms with E-state index in [1.165, 1.54) is 0 Å². The van der Waals surface area contributed by atoms with Crippen molar-refractivity contribution in [3.8, 4) is 17.4 Å². The largest absolute Gasteiger partial charge is 0.481 e. The van der Waals surface area contributed by atoms with Crippen LogP contribution in [0, 0.1) is 6.92 Å². The topological polar surface area (TPSA) is 79.7 Å². The van der Waals surface area contributed by atoms with E-state index in [1.807, 2.05) is 17.7 Å². The molecule has 1 N–H and O–H groups in total. The molecule has 27 heavy (non-hydrogen) atoms. The lowest BCUT2D eigenvalue weighted by atomic mass is 10.1. The third-order valence-electron chi connectivity index (χ3n) is 4.90. The van der Waals surface area contributed by atoms with Gasteiger partial charge in [-0.2, -0.15) is 0 Å². The quantitative estimate of drug-likeness (QED) is 0.838. The molecule has 0 saturated carbocycles. The number of aromatic nitrogens is 3. The third kappa shape index (κ3) is 3.92. The monoisotopic (exact) mass is 374 g/mol. The van der Waals surface area contributed by atoms with Crippen LogP contribution in [-0.2, 0) is 22.3 Å². The summed E-state index contributed by atoms with van der Waals surface area (Å²) in [6.45, 7) is 6.22. The van der Waals surface area contributed by atoms with Gasteiger partial charge in [0.25, 0.3) is 0 Å². The molecule has 8 heteroatoms. The van der Waals surface area contributed by atoms with Gasteiger partial charge in [-0.15, -0.1) is 5.10 Å². The summed E-state index contributed by atoms with van der Waals surface area (Å²) in [5.41, 5.74) is 4.10. The number of methoxy groups -OCH3 is 1. The Balaban J connectivity index is 1.63. The van der Waals surface area contributed by atoms with Crippen LogP contribution in [0.25, 0.3) is 5.69 Å². The molecule has 0 amide bonds. The first-order valence-corrected chi connectivity index (χ1v) is 9.41. The molecule has 1 atom stereocenters. The lowest BCUT2D eigenvalue weighted by Gasteiger charge is -2.23. The molecule has 146 valence electrons. The summed E-state index contributed by atoms with van der Waals surface area (Å²) in [6, 6.07) is 2.03. The number of rotatable bonds is 5. The van der Waals surface area contributed by atoms with Crippen LogP contribution in [0.1, 0.15) is 16.8 Å². The van der Waals surface area contributed by atoms with Crippen LogP contribution in [0.3, 0.4) is 0 Å². The molecule has 0 aromatic carbocycles. The summed E-state index contributed by atoms with van der Waals surface area (Å²) < 4.78 is 24.7. The van der Waals surface area contributed by atoms with Gasteiger partial charge in [-0.25, -0.2) is 9.67 Å². The van der Waals surface area contributed by atoms with Crippen LogP contribution >= 0.6 is 0 Å². The number of aryl methyl sites for hydroxylation is 1. The molecule has 4 rings (SSSR count). The van der Waals surface area contributed by atoms with Crippen molar-refractivity contribution in [1.29, 1.82) is 0 Å². The number of ether oxygens (including phenoxy) is 4. The lowest BCUT2D eigenvalue weighted by molar-refractivity contribution is -0.00105. The standard InChI is InChI=1S/C19H26N4O4/c1-13-9-14(10-21-18(13)24-2)23-17-4-7-25-6-3-16(17)19(22-23)27-12-15-11-20-5-8-26-15/h9-10,15,20H,3-8,11-12H2,1-2H3/t15-/m0/s1. The normalized spacial score (nSPS) is 20.0. The van der Waals surface area contributed by atoms with Gasteiger partial charge in [-0.3, -0.25) is 0 Å². The molecule has 8 nitrogen and oxygen atoms in total. The Morgan fingerprint density at radius 2 is 2.15 bits per heavy atom. The highest BCUT2D eigenvalue weighted by Crippen LogP contribution is 2.29. The van der Waals surface area contributed by atoms with Crippen molar-refractivity contribution in [1.82, 2.24) is 20.1 Å². The molecule has 0 bridgehead atoms. The molecule has 2 aliphatic rings. The molecule has 0 unspecified atom stereocenters. The molecule has 1 fully saturated rings. The number of hydrogen-bond acceptors (Lipinski definition) is 7.